The second kappa shape index (κ2) is 36.1. The number of alkyl carbamates (subject to hydrolysis) is 2. The number of primary amides is 1. The van der Waals surface area contributed by atoms with E-state index in [9.17, 15) is 48.6 Å². The third-order valence-electron chi connectivity index (χ3n) is 17.9. The van der Waals surface area contributed by atoms with Gasteiger partial charge in [-0.05, 0) is 110 Å². The van der Waals surface area contributed by atoms with Crippen molar-refractivity contribution in [1.29, 1.82) is 0 Å². The Balaban J connectivity index is 0.000000281. The predicted molar refractivity (Wildman–Crippen MR) is 382 cm³/mol. The highest BCUT2D eigenvalue weighted by atomic mass is 16.5. The van der Waals surface area contributed by atoms with E-state index in [0.29, 0.717) is 23.9 Å². The number of carbonyl (C=O) groups excluding carboxylic acids is 8. The zero-order valence-electron chi connectivity index (χ0n) is 59.5. The van der Waals surface area contributed by atoms with E-state index in [1.54, 1.807) is 50.2 Å². The lowest BCUT2D eigenvalue weighted by Gasteiger charge is -2.47. The number of aromatic nitrogens is 2. The van der Waals surface area contributed by atoms with Crippen LogP contribution in [0, 0.1) is 22.7 Å². The van der Waals surface area contributed by atoms with Crippen LogP contribution in [-0.2, 0) is 52.8 Å². The Morgan fingerprint density at radius 2 is 1.16 bits per heavy atom. The normalized spacial score (nSPS) is 17.7. The third-order valence-corrected chi connectivity index (χ3v) is 17.9. The molecule has 11 N–H and O–H groups in total. The molecule has 0 radical (unpaired) electrons. The molecule has 0 bridgehead atoms. The molecule has 8 rings (SSSR count). The van der Waals surface area contributed by atoms with E-state index < -0.39 is 113 Å². The van der Waals surface area contributed by atoms with E-state index >= 15 is 0 Å². The standard InChI is InChI=1S/C38H52N6O7.C38H50N6O5/c1-37(2,3)31(41-35(48)50-7)33(46)40-29(22-25-14-10-9-11-15-25)30(45)24-44(43-34(47)32(38(4,5)6)42-36(49)51-8)23-26-17-19-27(20-18-26)28-16-12-13-21-39-28;1-38(2,3)43-37(49)32-20-26-14-7-8-15-27(26)22-44(32)23-33(45)30(19-24-11-5-4-6-12-24)41-36(48)31(21-34(39)46)42-35(47)29-18-17-25-13-9-10-16-28(25)40-29/h9-21,29-32,45H,22-24H2,1-8H3,(H,40,46)(H,41,48)(H,42,49)(H,43,47);4-6,9-13,16-18,26-27,30-33,45H,7-8,14-15,19-23H2,1-3H3,(H2,39,46)(H,41,48)(H,42,47)(H,43,49)/t29-,30-,31+,32+;26-,27+,30-,31-,32-,33+/m00/s1. The lowest BCUT2D eigenvalue weighted by atomic mass is 9.72. The maximum absolute atomic E-state index is 13.8. The number of para-hydroxylation sites is 1. The molecule has 24 nitrogen and oxygen atoms in total. The SMILES string of the molecule is CC(C)(C)NC(=O)[C@@H]1C[C@@H]2CCCC[C@@H]2CN1C[C@@H](O)[C@H](Cc1ccccc1)NC(=O)[C@H](CC(N)=O)NC(=O)c1ccc2ccccc2n1.COC(=O)N[C@H](C(=O)N[C@@H](Cc1ccccc1)[C@@H](O)CN(Cc1ccc(-c2ccccn2)cc1)NC(=O)[C@@H](NC(=O)OC)C(C)(C)C)C(C)(C)C. The highest BCUT2D eigenvalue weighted by molar-refractivity contribution is 5.99. The molecule has 2 aromatic heterocycles. The van der Waals surface area contributed by atoms with Gasteiger partial charge in [0.1, 0.15) is 23.8 Å². The number of amides is 8. The third kappa shape index (κ3) is 23.9. The molecular weight excluding hydrogens is 1270 g/mol. The Morgan fingerprint density at radius 3 is 1.72 bits per heavy atom. The number of nitrogens with zero attached hydrogens (tertiary/aromatic N) is 4. The monoisotopic (exact) mass is 1370 g/mol. The van der Waals surface area contributed by atoms with Crippen LogP contribution in [0.5, 0.6) is 0 Å². The number of benzene rings is 4. The molecule has 0 unspecified atom stereocenters. The topological polar surface area (TPSA) is 338 Å². The van der Waals surface area contributed by atoms with Gasteiger partial charge in [0.25, 0.3) is 11.8 Å². The maximum atomic E-state index is 13.8. The van der Waals surface area contributed by atoms with Crippen LogP contribution < -0.4 is 43.1 Å². The van der Waals surface area contributed by atoms with Crippen molar-refractivity contribution in [2.45, 2.75) is 174 Å². The molecule has 538 valence electrons. The molecule has 1 saturated carbocycles. The summed E-state index contributed by atoms with van der Waals surface area (Å²) in [6, 6.07) is 37.5. The second-order valence-electron chi connectivity index (χ2n) is 29.2. The van der Waals surface area contributed by atoms with Crippen LogP contribution in [0.15, 0.2) is 146 Å². The van der Waals surface area contributed by atoms with Gasteiger partial charge in [-0.15, -0.1) is 0 Å². The van der Waals surface area contributed by atoms with Gasteiger partial charge in [-0.2, -0.15) is 0 Å². The molecule has 2 aliphatic rings. The zero-order chi connectivity index (χ0) is 72.9. The zero-order valence-corrected chi connectivity index (χ0v) is 59.5. The van der Waals surface area contributed by atoms with Crippen LogP contribution >= 0.6 is 0 Å². The number of aliphatic hydroxyl groups is 2. The summed E-state index contributed by atoms with van der Waals surface area (Å²) in [5, 5.41) is 43.0. The maximum Gasteiger partial charge on any atom is 0.407 e. The first-order valence-electron chi connectivity index (χ1n) is 34.2. The average molecular weight is 1380 g/mol. The van der Waals surface area contributed by atoms with Crippen LogP contribution in [0.1, 0.15) is 128 Å². The van der Waals surface area contributed by atoms with Gasteiger partial charge in [-0.1, -0.05) is 176 Å². The van der Waals surface area contributed by atoms with Crippen molar-refractivity contribution >= 4 is 58.5 Å². The molecule has 1 saturated heterocycles. The van der Waals surface area contributed by atoms with Gasteiger partial charge in [-0.25, -0.2) is 19.6 Å². The summed E-state index contributed by atoms with van der Waals surface area (Å²) < 4.78 is 9.54. The number of ether oxygens (including phenoxy) is 2. The number of likely N-dealkylation sites (tertiary alicyclic amines) is 1. The van der Waals surface area contributed by atoms with Crippen molar-refractivity contribution < 1.29 is 58.0 Å². The summed E-state index contributed by atoms with van der Waals surface area (Å²) in [5.41, 5.74) is 11.6. The van der Waals surface area contributed by atoms with E-state index in [0.717, 1.165) is 59.0 Å². The molecule has 3 heterocycles. The number of hydrogen-bond acceptors (Lipinski definition) is 16. The summed E-state index contributed by atoms with van der Waals surface area (Å²) >= 11 is 0. The summed E-state index contributed by atoms with van der Waals surface area (Å²) in [7, 11) is 2.44. The van der Waals surface area contributed by atoms with Crippen molar-refractivity contribution in [3.05, 3.63) is 168 Å². The first kappa shape index (κ1) is 78.0. The number of nitrogens with two attached hydrogens (primary N) is 1. The average Bonchev–Trinajstić information content (AvgIpc) is 0.801. The number of hydrogen-bond donors (Lipinski definition) is 10. The summed E-state index contributed by atoms with van der Waals surface area (Å²) in [6.45, 7) is 17.6. The summed E-state index contributed by atoms with van der Waals surface area (Å²) in [4.78, 5) is 116. The molecular formula is C76H102N12O12. The fraction of sp³-hybridized carbons (Fsp3) is 0.474. The molecule has 24 heteroatoms. The lowest BCUT2D eigenvalue weighted by molar-refractivity contribution is -0.133. The molecule has 4 aromatic carbocycles. The Hall–Kier alpha value is -9.36. The highest BCUT2D eigenvalue weighted by Gasteiger charge is 2.43. The smallest absolute Gasteiger partial charge is 0.407 e. The van der Waals surface area contributed by atoms with Gasteiger partial charge in [0.15, 0.2) is 0 Å². The Morgan fingerprint density at radius 1 is 0.610 bits per heavy atom. The number of methoxy groups -OCH3 is 2. The predicted octanol–water partition coefficient (Wildman–Crippen LogP) is 7.30. The van der Waals surface area contributed by atoms with Gasteiger partial charge in [0, 0.05) is 48.9 Å². The molecule has 8 amide bonds. The number of pyridine rings is 2. The second-order valence-corrected chi connectivity index (χ2v) is 29.2. The van der Waals surface area contributed by atoms with Gasteiger partial charge >= 0.3 is 12.2 Å². The first-order chi connectivity index (χ1) is 47.4. The van der Waals surface area contributed by atoms with E-state index in [4.69, 9.17) is 15.2 Å². The van der Waals surface area contributed by atoms with Crippen molar-refractivity contribution in [1.82, 2.24) is 57.2 Å². The first-order valence-corrected chi connectivity index (χ1v) is 34.2. The Kier molecular flexibility index (Phi) is 28.2. The van der Waals surface area contributed by atoms with Crippen molar-refractivity contribution in [3.8, 4) is 11.3 Å². The lowest BCUT2D eigenvalue weighted by Crippen LogP contribution is -2.61. The Bertz CT molecular complexity index is 3680. The van der Waals surface area contributed by atoms with Crippen LogP contribution in [-0.4, -0.2) is 166 Å². The fourth-order valence-electron chi connectivity index (χ4n) is 12.6. The molecule has 1 aliphatic carbocycles. The number of rotatable bonds is 26. The van der Waals surface area contributed by atoms with Crippen molar-refractivity contribution in [2.75, 3.05) is 33.9 Å². The molecule has 0 spiro atoms. The molecule has 6 aromatic rings. The minimum atomic E-state index is -1.30. The minimum absolute atomic E-state index is 0.0566. The number of carbonyl (C=O) groups is 8. The van der Waals surface area contributed by atoms with Gasteiger partial charge in [0.2, 0.25) is 23.6 Å². The van der Waals surface area contributed by atoms with E-state index in [2.05, 4.69) is 52.2 Å². The molecule has 10 atom stereocenters. The van der Waals surface area contributed by atoms with E-state index in [1.165, 1.54) is 20.6 Å². The molecule has 1 aliphatic heterocycles. The number of piperidine rings is 1. The summed E-state index contributed by atoms with van der Waals surface area (Å²) in [6.07, 6.45) is 3.25. The summed E-state index contributed by atoms with van der Waals surface area (Å²) in [5.74, 6) is -2.23. The number of β-amino-alcohol motifs (C(OH)–C–C–N with tert-alkyl or cyclic N) is 1. The molecule has 100 heavy (non-hydrogen) atoms. The van der Waals surface area contributed by atoms with E-state index in [1.807, 2.05) is 163 Å². The van der Waals surface area contributed by atoms with Crippen LogP contribution in [0.25, 0.3) is 22.2 Å². The number of nitrogens with one attached hydrogen (secondary N) is 7. The van der Waals surface area contributed by atoms with Crippen LogP contribution in [0.3, 0.4) is 0 Å². The largest absolute Gasteiger partial charge is 0.453 e. The number of hydrazine groups is 1. The van der Waals surface area contributed by atoms with Gasteiger partial charge in [0.05, 0.1) is 62.2 Å². The minimum Gasteiger partial charge on any atom is -0.453 e. The highest BCUT2D eigenvalue weighted by Crippen LogP contribution is 2.39. The van der Waals surface area contributed by atoms with Gasteiger partial charge < -0.3 is 57.3 Å². The Labute approximate surface area is 587 Å². The van der Waals surface area contributed by atoms with Crippen molar-refractivity contribution in [3.63, 3.8) is 0 Å². The van der Waals surface area contributed by atoms with Gasteiger partial charge in [-0.3, -0.25) is 44.1 Å². The fourth-order valence-corrected chi connectivity index (χ4v) is 12.6. The number of aliphatic hydroxyl groups excluding tert-OH is 2. The number of fused-ring (bicyclic) bond motifs is 2. The van der Waals surface area contributed by atoms with Crippen LogP contribution in [0.2, 0.25) is 0 Å². The quantitative estimate of drug-likeness (QED) is 0.0238. The van der Waals surface area contributed by atoms with Crippen molar-refractivity contribution in [2.24, 2.45) is 28.4 Å². The van der Waals surface area contributed by atoms with Crippen LogP contribution in [0.4, 0.5) is 9.59 Å². The van der Waals surface area contributed by atoms with E-state index in [-0.39, 0.29) is 44.1 Å². The molecule has 2 fully saturated rings.